The number of nitrogens with one attached hydrogen (secondary N) is 1. The maximum absolute atomic E-state index is 13.2. The van der Waals surface area contributed by atoms with Crippen molar-refractivity contribution < 1.29 is 14.4 Å². The first-order chi connectivity index (χ1) is 13.0. The topological polar surface area (TPSA) is 69.7 Å². The second-order valence-electron chi connectivity index (χ2n) is 8.22. The number of hydrogen-bond donors (Lipinski definition) is 1. The highest BCUT2D eigenvalue weighted by Crippen LogP contribution is 2.33. The minimum Gasteiger partial charge on any atom is -0.332 e. The summed E-state index contributed by atoms with van der Waals surface area (Å²) >= 11 is 0. The van der Waals surface area contributed by atoms with Gasteiger partial charge < -0.3 is 10.2 Å². The van der Waals surface area contributed by atoms with E-state index in [0.717, 1.165) is 31.2 Å². The van der Waals surface area contributed by atoms with Crippen molar-refractivity contribution in [1.29, 1.82) is 0 Å². The lowest BCUT2D eigenvalue weighted by molar-refractivity contribution is -0.141. The van der Waals surface area contributed by atoms with Gasteiger partial charge in [0.1, 0.15) is 6.04 Å². The second-order valence-corrected chi connectivity index (χ2v) is 8.22. The Bertz CT molecular complexity index is 752. The zero-order chi connectivity index (χ0) is 19.1. The number of hydrogen-bond acceptors (Lipinski definition) is 3. The molecule has 1 N–H and O–H groups in total. The molecular formula is C21H27N3O3. The van der Waals surface area contributed by atoms with Gasteiger partial charge in [-0.15, -0.1) is 0 Å². The summed E-state index contributed by atoms with van der Waals surface area (Å²) in [6, 6.07) is 6.26. The summed E-state index contributed by atoms with van der Waals surface area (Å²) < 4.78 is 0. The van der Waals surface area contributed by atoms with Gasteiger partial charge in [-0.25, -0.2) is 9.69 Å². The van der Waals surface area contributed by atoms with Crippen molar-refractivity contribution in [3.63, 3.8) is 0 Å². The highest BCUT2D eigenvalue weighted by atomic mass is 16.2. The van der Waals surface area contributed by atoms with E-state index in [1.807, 2.05) is 24.3 Å². The number of rotatable bonds is 3. The van der Waals surface area contributed by atoms with Crippen LogP contribution in [0.15, 0.2) is 24.3 Å². The van der Waals surface area contributed by atoms with E-state index >= 15 is 0 Å². The molecule has 1 aromatic carbocycles. The third kappa shape index (κ3) is 3.11. The van der Waals surface area contributed by atoms with Crippen LogP contribution >= 0.6 is 0 Å². The van der Waals surface area contributed by atoms with Crippen molar-refractivity contribution >= 4 is 23.5 Å². The van der Waals surface area contributed by atoms with Crippen LogP contribution in [0.1, 0.15) is 57.4 Å². The lowest BCUT2D eigenvalue weighted by Crippen LogP contribution is -2.65. The fourth-order valence-corrected chi connectivity index (χ4v) is 4.61. The Morgan fingerprint density at radius 2 is 1.74 bits per heavy atom. The first kappa shape index (κ1) is 18.0. The molecule has 6 heteroatoms. The van der Waals surface area contributed by atoms with Crippen LogP contribution in [0, 0.1) is 5.92 Å². The third-order valence-electron chi connectivity index (χ3n) is 6.19. The number of amides is 4. The molecule has 0 unspecified atom stereocenters. The number of urea groups is 1. The maximum Gasteiger partial charge on any atom is 0.329 e. The van der Waals surface area contributed by atoms with Gasteiger partial charge in [-0.05, 0) is 42.9 Å². The quantitative estimate of drug-likeness (QED) is 0.890. The van der Waals surface area contributed by atoms with Crippen molar-refractivity contribution in [2.75, 3.05) is 11.4 Å². The number of imide groups is 1. The highest BCUT2D eigenvalue weighted by Gasteiger charge is 2.50. The predicted octanol–water partition coefficient (Wildman–Crippen LogP) is 3.03. The Labute approximate surface area is 159 Å². The fraction of sp³-hybridized carbons (Fsp3) is 0.571. The Kier molecular flexibility index (Phi) is 4.66. The summed E-state index contributed by atoms with van der Waals surface area (Å²) in [5.74, 6) is 0.209. The standard InChI is InChI=1S/C21H27N3O3/c1-13(2)14-7-9-16(10-8-14)24-20(26)18-17(22-21(24)27)11-12-23(18)19(25)15-5-3-4-6-15/h7-10,13,15,17-18H,3-6,11-12H2,1-2H3,(H,22,27)/t17-,18+/m1/s1. The number of fused-ring (bicyclic) bond motifs is 1. The van der Waals surface area contributed by atoms with Gasteiger partial charge in [0.2, 0.25) is 5.91 Å². The molecule has 1 aromatic rings. The molecular weight excluding hydrogens is 342 g/mol. The normalized spacial score (nSPS) is 25.9. The van der Waals surface area contributed by atoms with Crippen LogP contribution in [0.5, 0.6) is 0 Å². The predicted molar refractivity (Wildman–Crippen MR) is 102 cm³/mol. The molecule has 2 saturated heterocycles. The van der Waals surface area contributed by atoms with E-state index < -0.39 is 12.1 Å². The molecule has 2 atom stereocenters. The summed E-state index contributed by atoms with van der Waals surface area (Å²) in [5, 5.41) is 2.94. The zero-order valence-electron chi connectivity index (χ0n) is 16.0. The van der Waals surface area contributed by atoms with E-state index in [1.165, 1.54) is 4.90 Å². The van der Waals surface area contributed by atoms with Crippen molar-refractivity contribution in [2.24, 2.45) is 5.92 Å². The lowest BCUT2D eigenvalue weighted by Gasteiger charge is -2.37. The largest absolute Gasteiger partial charge is 0.332 e. The van der Waals surface area contributed by atoms with E-state index in [4.69, 9.17) is 0 Å². The van der Waals surface area contributed by atoms with Crippen molar-refractivity contribution in [3.8, 4) is 0 Å². The Hall–Kier alpha value is -2.37. The van der Waals surface area contributed by atoms with Crippen LogP contribution in [0.3, 0.4) is 0 Å². The van der Waals surface area contributed by atoms with Gasteiger partial charge >= 0.3 is 6.03 Å². The SMILES string of the molecule is CC(C)c1ccc(N2C(=O)N[C@@H]3CCN(C(=O)C4CCCC4)[C@@H]3C2=O)cc1. The number of benzene rings is 1. The minimum absolute atomic E-state index is 0.0351. The van der Waals surface area contributed by atoms with Crippen molar-refractivity contribution in [3.05, 3.63) is 29.8 Å². The van der Waals surface area contributed by atoms with Crippen LogP contribution in [-0.4, -0.2) is 41.4 Å². The summed E-state index contributed by atoms with van der Waals surface area (Å²) in [6.45, 7) is 4.74. The molecule has 2 aliphatic heterocycles. The Morgan fingerprint density at radius 3 is 2.37 bits per heavy atom. The minimum atomic E-state index is -0.583. The molecule has 6 nitrogen and oxygen atoms in total. The maximum atomic E-state index is 13.2. The molecule has 1 aliphatic carbocycles. The van der Waals surface area contributed by atoms with E-state index in [1.54, 1.807) is 4.90 Å². The first-order valence-corrected chi connectivity index (χ1v) is 10.0. The molecule has 4 amide bonds. The molecule has 3 fully saturated rings. The summed E-state index contributed by atoms with van der Waals surface area (Å²) in [5.41, 5.74) is 1.71. The smallest absolute Gasteiger partial charge is 0.329 e. The molecule has 2 heterocycles. The van der Waals surface area contributed by atoms with Crippen molar-refractivity contribution in [1.82, 2.24) is 10.2 Å². The molecule has 0 radical (unpaired) electrons. The van der Waals surface area contributed by atoms with Gasteiger partial charge in [-0.1, -0.05) is 38.8 Å². The summed E-state index contributed by atoms with van der Waals surface area (Å²) in [6.07, 6.45) is 4.62. The monoisotopic (exact) mass is 369 g/mol. The number of anilines is 1. The molecule has 4 rings (SSSR count). The van der Waals surface area contributed by atoms with E-state index in [0.29, 0.717) is 24.6 Å². The van der Waals surface area contributed by atoms with Gasteiger partial charge in [0.15, 0.2) is 0 Å². The van der Waals surface area contributed by atoms with E-state index in [-0.39, 0.29) is 23.8 Å². The number of likely N-dealkylation sites (tertiary alicyclic amines) is 1. The zero-order valence-corrected chi connectivity index (χ0v) is 16.0. The van der Waals surface area contributed by atoms with E-state index in [2.05, 4.69) is 19.2 Å². The molecule has 0 aromatic heterocycles. The van der Waals surface area contributed by atoms with E-state index in [9.17, 15) is 14.4 Å². The van der Waals surface area contributed by atoms with Gasteiger partial charge in [-0.2, -0.15) is 0 Å². The average Bonchev–Trinajstić information content (AvgIpc) is 3.31. The van der Waals surface area contributed by atoms with Gasteiger partial charge in [0, 0.05) is 12.5 Å². The second kappa shape index (κ2) is 6.98. The molecule has 1 saturated carbocycles. The fourth-order valence-electron chi connectivity index (χ4n) is 4.61. The van der Waals surface area contributed by atoms with Crippen LogP contribution in [-0.2, 0) is 9.59 Å². The number of nitrogens with zero attached hydrogens (tertiary/aromatic N) is 2. The number of carbonyl (C=O) groups excluding carboxylic acids is 3. The molecule has 0 spiro atoms. The van der Waals surface area contributed by atoms with Crippen molar-refractivity contribution in [2.45, 2.75) is 64.0 Å². The summed E-state index contributed by atoms with van der Waals surface area (Å²) in [4.78, 5) is 41.7. The van der Waals surface area contributed by atoms with Crippen LogP contribution in [0.25, 0.3) is 0 Å². The third-order valence-corrected chi connectivity index (χ3v) is 6.19. The Morgan fingerprint density at radius 1 is 1.07 bits per heavy atom. The van der Waals surface area contributed by atoms with Crippen LogP contribution in [0.2, 0.25) is 0 Å². The highest BCUT2D eigenvalue weighted by molar-refractivity contribution is 6.19. The van der Waals surface area contributed by atoms with Gasteiger partial charge in [0.05, 0.1) is 11.7 Å². The van der Waals surface area contributed by atoms with Crippen LogP contribution in [0.4, 0.5) is 10.5 Å². The van der Waals surface area contributed by atoms with Crippen LogP contribution < -0.4 is 10.2 Å². The Balaban J connectivity index is 1.58. The lowest BCUT2D eigenvalue weighted by atomic mass is 10.0. The molecule has 144 valence electrons. The average molecular weight is 369 g/mol. The molecule has 3 aliphatic rings. The molecule has 27 heavy (non-hydrogen) atoms. The first-order valence-electron chi connectivity index (χ1n) is 10.0. The van der Waals surface area contributed by atoms with Gasteiger partial charge in [-0.3, -0.25) is 9.59 Å². The number of carbonyl (C=O) groups is 3. The summed E-state index contributed by atoms with van der Waals surface area (Å²) in [7, 11) is 0. The van der Waals surface area contributed by atoms with Gasteiger partial charge in [0.25, 0.3) is 5.91 Å². The molecule has 0 bridgehead atoms.